The van der Waals surface area contributed by atoms with Crippen LogP contribution in [0, 0.1) is 6.92 Å². The zero-order valence-electron chi connectivity index (χ0n) is 14.4. The molecule has 0 saturated heterocycles. The Kier molecular flexibility index (Phi) is 7.14. The zero-order valence-corrected chi connectivity index (χ0v) is 14.4. The van der Waals surface area contributed by atoms with Crippen molar-refractivity contribution in [1.29, 1.82) is 0 Å². The van der Waals surface area contributed by atoms with Crippen LogP contribution in [0.15, 0.2) is 50.8 Å². The van der Waals surface area contributed by atoms with E-state index in [1.165, 1.54) is 0 Å². The van der Waals surface area contributed by atoms with Crippen LogP contribution in [0.25, 0.3) is 0 Å². The molecule has 2 aromatic rings. The van der Waals surface area contributed by atoms with Gasteiger partial charge in [-0.3, -0.25) is 4.79 Å². The summed E-state index contributed by atoms with van der Waals surface area (Å²) in [5.74, 6) is 1.62. The normalized spacial score (nSPS) is 11.5. The molecule has 6 heteroatoms. The van der Waals surface area contributed by atoms with E-state index in [0.29, 0.717) is 6.54 Å². The smallest absolute Gasteiger partial charge is 0.250 e. The Labute approximate surface area is 142 Å². The average molecular weight is 330 g/mol. The maximum absolute atomic E-state index is 11.8. The monoisotopic (exact) mass is 330 g/mol. The van der Waals surface area contributed by atoms with Crippen LogP contribution in [0.2, 0.25) is 0 Å². The van der Waals surface area contributed by atoms with Crippen LogP contribution in [0.4, 0.5) is 0 Å². The molecule has 2 aromatic heterocycles. The van der Waals surface area contributed by atoms with Gasteiger partial charge in [-0.05, 0) is 44.9 Å². The third-order valence-electron chi connectivity index (χ3n) is 3.69. The number of hydrogen-bond donors (Lipinski definition) is 2. The first-order valence-corrected chi connectivity index (χ1v) is 8.41. The van der Waals surface area contributed by atoms with Gasteiger partial charge >= 0.3 is 0 Å². The van der Waals surface area contributed by atoms with Crippen molar-refractivity contribution in [2.75, 3.05) is 13.1 Å². The number of nitrogens with zero attached hydrogens (tertiary/aromatic N) is 2. The minimum atomic E-state index is 0.0660. The molecule has 2 N–H and O–H groups in total. The lowest BCUT2D eigenvalue weighted by Gasteiger charge is -2.12. The van der Waals surface area contributed by atoms with Gasteiger partial charge in [0.1, 0.15) is 12.3 Å². The van der Waals surface area contributed by atoms with Crippen molar-refractivity contribution < 1.29 is 4.42 Å². The molecule has 0 aromatic carbocycles. The molecule has 0 saturated carbocycles. The SMILES string of the molecule is CCNC(=NCc1ccco1)NCCCCn1c(C)cccc1=O. The third kappa shape index (κ3) is 5.61. The van der Waals surface area contributed by atoms with Crippen LogP contribution >= 0.6 is 0 Å². The Hall–Kier alpha value is -2.50. The third-order valence-corrected chi connectivity index (χ3v) is 3.69. The summed E-state index contributed by atoms with van der Waals surface area (Å²) in [7, 11) is 0. The molecule has 0 unspecified atom stereocenters. The fourth-order valence-corrected chi connectivity index (χ4v) is 2.41. The molecule has 2 heterocycles. The van der Waals surface area contributed by atoms with E-state index in [1.807, 2.05) is 36.6 Å². The first-order valence-electron chi connectivity index (χ1n) is 8.41. The molecule has 0 radical (unpaired) electrons. The average Bonchev–Trinajstić information content (AvgIpc) is 3.08. The van der Waals surface area contributed by atoms with E-state index in [2.05, 4.69) is 15.6 Å². The first-order chi connectivity index (χ1) is 11.7. The minimum Gasteiger partial charge on any atom is -0.467 e. The number of aliphatic imine (C=N–C) groups is 1. The maximum Gasteiger partial charge on any atom is 0.250 e. The molecule has 0 amide bonds. The lowest BCUT2D eigenvalue weighted by molar-refractivity contribution is 0.511. The van der Waals surface area contributed by atoms with E-state index in [9.17, 15) is 4.79 Å². The van der Waals surface area contributed by atoms with Gasteiger partial charge in [0.2, 0.25) is 0 Å². The number of rotatable bonds is 8. The predicted octanol–water partition coefficient (Wildman–Crippen LogP) is 2.29. The van der Waals surface area contributed by atoms with Gasteiger partial charge in [-0.15, -0.1) is 0 Å². The summed E-state index contributed by atoms with van der Waals surface area (Å²) in [6.07, 6.45) is 3.56. The first kappa shape index (κ1) is 17.8. The van der Waals surface area contributed by atoms with E-state index < -0.39 is 0 Å². The largest absolute Gasteiger partial charge is 0.467 e. The van der Waals surface area contributed by atoms with Gasteiger partial charge in [0.25, 0.3) is 5.56 Å². The molecule has 0 aliphatic carbocycles. The minimum absolute atomic E-state index is 0.0660. The van der Waals surface area contributed by atoms with Crippen molar-refractivity contribution in [2.24, 2.45) is 4.99 Å². The van der Waals surface area contributed by atoms with Crippen molar-refractivity contribution in [3.63, 3.8) is 0 Å². The van der Waals surface area contributed by atoms with E-state index in [0.717, 1.165) is 49.9 Å². The van der Waals surface area contributed by atoms with E-state index in [4.69, 9.17) is 4.42 Å². The molecule has 0 aliphatic heterocycles. The molecular formula is C18H26N4O2. The van der Waals surface area contributed by atoms with Crippen LogP contribution in [0.3, 0.4) is 0 Å². The van der Waals surface area contributed by atoms with E-state index in [1.54, 1.807) is 18.4 Å². The highest BCUT2D eigenvalue weighted by Crippen LogP contribution is 2.01. The van der Waals surface area contributed by atoms with Crippen LogP contribution < -0.4 is 16.2 Å². The van der Waals surface area contributed by atoms with Gasteiger partial charge < -0.3 is 19.6 Å². The van der Waals surface area contributed by atoms with Gasteiger partial charge in [-0.1, -0.05) is 6.07 Å². The van der Waals surface area contributed by atoms with Crippen LogP contribution in [0.1, 0.15) is 31.2 Å². The highest BCUT2D eigenvalue weighted by molar-refractivity contribution is 5.79. The topological polar surface area (TPSA) is 71.6 Å². The lowest BCUT2D eigenvalue weighted by atomic mass is 10.3. The highest BCUT2D eigenvalue weighted by Gasteiger charge is 2.01. The Morgan fingerprint density at radius 3 is 2.79 bits per heavy atom. The number of pyridine rings is 1. The molecule has 0 atom stereocenters. The quantitative estimate of drug-likeness (QED) is 0.442. The number of guanidine groups is 1. The van der Waals surface area contributed by atoms with Gasteiger partial charge in [0.05, 0.1) is 6.26 Å². The molecule has 6 nitrogen and oxygen atoms in total. The number of aromatic nitrogens is 1. The van der Waals surface area contributed by atoms with Gasteiger partial charge in [0, 0.05) is 31.4 Å². The maximum atomic E-state index is 11.8. The van der Waals surface area contributed by atoms with E-state index >= 15 is 0 Å². The standard InChI is InChI=1S/C18H26N4O2/c1-3-19-18(21-14-16-9-7-13-24-16)20-11-4-5-12-22-15(2)8-6-10-17(22)23/h6-10,13H,3-5,11-12,14H2,1-2H3,(H2,19,20,21). The van der Waals surface area contributed by atoms with Gasteiger partial charge in [0.15, 0.2) is 5.96 Å². The van der Waals surface area contributed by atoms with Gasteiger partial charge in [-0.2, -0.15) is 0 Å². The summed E-state index contributed by atoms with van der Waals surface area (Å²) in [4.78, 5) is 16.3. The fourth-order valence-electron chi connectivity index (χ4n) is 2.41. The number of hydrogen-bond acceptors (Lipinski definition) is 3. The van der Waals surface area contributed by atoms with Crippen molar-refractivity contribution in [3.05, 3.63) is 58.4 Å². The Balaban J connectivity index is 1.74. The number of furan rings is 1. The Morgan fingerprint density at radius 2 is 2.08 bits per heavy atom. The fraction of sp³-hybridized carbons (Fsp3) is 0.444. The van der Waals surface area contributed by atoms with Crippen molar-refractivity contribution in [3.8, 4) is 0 Å². The number of nitrogens with one attached hydrogen (secondary N) is 2. The lowest BCUT2D eigenvalue weighted by Crippen LogP contribution is -2.37. The van der Waals surface area contributed by atoms with Crippen LogP contribution in [-0.4, -0.2) is 23.6 Å². The summed E-state index contributed by atoms with van der Waals surface area (Å²) in [5.41, 5.74) is 1.07. The van der Waals surface area contributed by atoms with E-state index in [-0.39, 0.29) is 5.56 Å². The number of aryl methyl sites for hydroxylation is 1. The summed E-state index contributed by atoms with van der Waals surface area (Å²) in [6.45, 7) is 6.88. The number of unbranched alkanes of at least 4 members (excludes halogenated alkanes) is 1. The molecule has 0 spiro atoms. The van der Waals surface area contributed by atoms with Crippen molar-refractivity contribution in [2.45, 2.75) is 39.8 Å². The summed E-state index contributed by atoms with van der Waals surface area (Å²) in [6, 6.07) is 9.14. The predicted molar refractivity (Wildman–Crippen MR) is 96.2 cm³/mol. The molecule has 0 aliphatic rings. The zero-order chi connectivity index (χ0) is 17.2. The van der Waals surface area contributed by atoms with Crippen molar-refractivity contribution >= 4 is 5.96 Å². The summed E-state index contributed by atoms with van der Waals surface area (Å²) < 4.78 is 7.10. The second-order valence-corrected chi connectivity index (χ2v) is 5.57. The Bertz CT molecular complexity index is 689. The van der Waals surface area contributed by atoms with Crippen LogP contribution in [0.5, 0.6) is 0 Å². The second kappa shape index (κ2) is 9.60. The van der Waals surface area contributed by atoms with Gasteiger partial charge in [-0.25, -0.2) is 4.99 Å². The summed E-state index contributed by atoms with van der Waals surface area (Å²) >= 11 is 0. The Morgan fingerprint density at radius 1 is 1.21 bits per heavy atom. The molecule has 130 valence electrons. The van der Waals surface area contributed by atoms with Crippen molar-refractivity contribution in [1.82, 2.24) is 15.2 Å². The molecule has 0 bridgehead atoms. The molecule has 2 rings (SSSR count). The molecule has 24 heavy (non-hydrogen) atoms. The second-order valence-electron chi connectivity index (χ2n) is 5.57. The molecular weight excluding hydrogens is 304 g/mol. The van der Waals surface area contributed by atoms with Crippen LogP contribution in [-0.2, 0) is 13.1 Å². The highest BCUT2D eigenvalue weighted by atomic mass is 16.3. The molecule has 0 fully saturated rings. The summed E-state index contributed by atoms with van der Waals surface area (Å²) in [5, 5.41) is 6.52.